The number of carbonyl (C=O) groups excluding carboxylic acids is 1. The van der Waals surface area contributed by atoms with Gasteiger partial charge in [0, 0.05) is 19.2 Å². The van der Waals surface area contributed by atoms with Crippen molar-refractivity contribution in [1.82, 2.24) is 9.78 Å². The van der Waals surface area contributed by atoms with Crippen LogP contribution in [0.3, 0.4) is 0 Å². The Balaban J connectivity index is 2.36. The maximum absolute atomic E-state index is 13.0. The Morgan fingerprint density at radius 1 is 1.39 bits per heavy atom. The minimum Gasteiger partial charge on any atom is -0.462 e. The summed E-state index contributed by atoms with van der Waals surface area (Å²) in [4.78, 5) is 22.5. The highest BCUT2D eigenvalue weighted by atomic mass is 35.5. The van der Waals surface area contributed by atoms with Crippen LogP contribution < -0.4 is 4.74 Å². The lowest BCUT2D eigenvalue weighted by atomic mass is 10.1. The van der Waals surface area contributed by atoms with Crippen molar-refractivity contribution in [3.05, 3.63) is 44.6 Å². The number of unbranched alkanes of at least 4 members (excludes halogenated alkanes) is 1. The van der Waals surface area contributed by atoms with E-state index in [2.05, 4.69) is 5.10 Å². The van der Waals surface area contributed by atoms with E-state index >= 15 is 0 Å². The van der Waals surface area contributed by atoms with Crippen LogP contribution >= 0.6 is 11.6 Å². The molecule has 152 valence electrons. The second-order valence-corrected chi connectivity index (χ2v) is 5.99. The second kappa shape index (κ2) is 8.46. The van der Waals surface area contributed by atoms with Crippen molar-refractivity contribution < 1.29 is 32.4 Å². The molecule has 0 saturated carbocycles. The molecule has 0 aliphatic heterocycles. The summed E-state index contributed by atoms with van der Waals surface area (Å²) >= 11 is 5.70. The Kier molecular flexibility index (Phi) is 6.49. The number of carbonyl (C=O) groups is 1. The van der Waals surface area contributed by atoms with E-state index in [9.17, 15) is 28.1 Å². The summed E-state index contributed by atoms with van der Waals surface area (Å²) in [6.07, 6.45) is -3.44. The molecule has 0 bridgehead atoms. The van der Waals surface area contributed by atoms with Crippen LogP contribution in [-0.2, 0) is 18.0 Å². The first-order chi connectivity index (χ1) is 13.1. The highest BCUT2D eigenvalue weighted by Crippen LogP contribution is 2.40. The lowest BCUT2D eigenvalue weighted by Gasteiger charge is -2.08. The molecular formula is C16H15ClF3N3O5. The third-order valence-corrected chi connectivity index (χ3v) is 3.90. The topological polar surface area (TPSA) is 96.5 Å². The predicted molar refractivity (Wildman–Crippen MR) is 91.6 cm³/mol. The van der Waals surface area contributed by atoms with Crippen LogP contribution in [-0.4, -0.2) is 27.3 Å². The number of benzene rings is 1. The average Bonchev–Trinajstić information content (AvgIpc) is 2.88. The van der Waals surface area contributed by atoms with E-state index in [1.165, 1.54) is 0 Å². The van der Waals surface area contributed by atoms with Crippen LogP contribution in [0.5, 0.6) is 11.6 Å². The summed E-state index contributed by atoms with van der Waals surface area (Å²) < 4.78 is 49.6. The van der Waals surface area contributed by atoms with Crippen molar-refractivity contribution in [1.29, 1.82) is 0 Å². The Morgan fingerprint density at radius 2 is 2.07 bits per heavy atom. The lowest BCUT2D eigenvalue weighted by molar-refractivity contribution is -0.385. The summed E-state index contributed by atoms with van der Waals surface area (Å²) in [6.45, 7) is 1.94. The normalized spacial score (nSPS) is 11.4. The summed E-state index contributed by atoms with van der Waals surface area (Å²) in [5.74, 6) is -1.67. The van der Waals surface area contributed by atoms with Crippen molar-refractivity contribution in [3.63, 3.8) is 0 Å². The van der Waals surface area contributed by atoms with E-state index in [1.807, 2.05) is 6.92 Å². The molecular weight excluding hydrogens is 407 g/mol. The summed E-state index contributed by atoms with van der Waals surface area (Å²) in [6, 6.07) is 3.08. The molecule has 0 spiro atoms. The molecule has 2 rings (SSSR count). The molecule has 0 N–H and O–H groups in total. The first kappa shape index (κ1) is 21.5. The maximum atomic E-state index is 13.0. The van der Waals surface area contributed by atoms with Gasteiger partial charge in [0.15, 0.2) is 5.69 Å². The standard InChI is InChI=1S/C16H15ClF3N3O5/c1-3-4-7-27-15(24)10-8-9(5-6-11(10)23(25)26)28-14-12(17)13(16(18,19)20)22(2)21-14/h5-6,8H,3-4,7H2,1-2H3. The molecule has 1 aromatic carbocycles. The number of nitro benzene ring substituents is 1. The van der Waals surface area contributed by atoms with Gasteiger partial charge in [-0.25, -0.2) is 4.79 Å². The SMILES string of the molecule is CCCCOC(=O)c1cc(Oc2nn(C)c(C(F)(F)F)c2Cl)ccc1[N+](=O)[O-]. The molecule has 0 aliphatic rings. The number of hydrogen-bond acceptors (Lipinski definition) is 6. The van der Waals surface area contributed by atoms with Crippen LogP contribution in [0.4, 0.5) is 18.9 Å². The number of nitro groups is 1. The summed E-state index contributed by atoms with van der Waals surface area (Å²) in [7, 11) is 1.04. The van der Waals surface area contributed by atoms with Crippen molar-refractivity contribution in [2.75, 3.05) is 6.61 Å². The van der Waals surface area contributed by atoms with Gasteiger partial charge in [0.1, 0.15) is 16.3 Å². The molecule has 12 heteroatoms. The van der Waals surface area contributed by atoms with Crippen LogP contribution in [0.1, 0.15) is 35.8 Å². The predicted octanol–water partition coefficient (Wildman–Crippen LogP) is 4.75. The third-order valence-electron chi connectivity index (χ3n) is 3.56. The average molecular weight is 422 g/mol. The van der Waals surface area contributed by atoms with Gasteiger partial charge in [-0.3, -0.25) is 14.8 Å². The fourth-order valence-corrected chi connectivity index (χ4v) is 2.55. The number of halogens is 4. The van der Waals surface area contributed by atoms with Crippen LogP contribution in [0.15, 0.2) is 18.2 Å². The number of alkyl halides is 3. The highest BCUT2D eigenvalue weighted by Gasteiger charge is 2.39. The van der Waals surface area contributed by atoms with Gasteiger partial charge in [-0.2, -0.15) is 13.2 Å². The van der Waals surface area contributed by atoms with E-state index in [0.29, 0.717) is 11.1 Å². The zero-order chi connectivity index (χ0) is 21.1. The molecule has 0 aliphatic carbocycles. The van der Waals surface area contributed by atoms with Gasteiger partial charge in [-0.05, 0) is 12.5 Å². The van der Waals surface area contributed by atoms with Gasteiger partial charge in [0.2, 0.25) is 0 Å². The van der Waals surface area contributed by atoms with E-state index in [1.54, 1.807) is 0 Å². The fourth-order valence-electron chi connectivity index (χ4n) is 2.25. The molecule has 0 amide bonds. The van der Waals surface area contributed by atoms with Crippen LogP contribution in [0.25, 0.3) is 0 Å². The molecule has 0 atom stereocenters. The lowest BCUT2D eigenvalue weighted by Crippen LogP contribution is -2.12. The zero-order valence-corrected chi connectivity index (χ0v) is 15.5. The van der Waals surface area contributed by atoms with Gasteiger partial charge in [-0.15, -0.1) is 5.10 Å². The molecule has 2 aromatic rings. The van der Waals surface area contributed by atoms with Gasteiger partial charge < -0.3 is 9.47 Å². The molecule has 1 aromatic heterocycles. The van der Waals surface area contributed by atoms with E-state index < -0.39 is 44.9 Å². The van der Waals surface area contributed by atoms with Gasteiger partial charge in [0.25, 0.3) is 11.6 Å². The quantitative estimate of drug-likeness (QED) is 0.277. The number of hydrogen-bond donors (Lipinski definition) is 0. The third kappa shape index (κ3) is 4.71. The number of aromatic nitrogens is 2. The monoisotopic (exact) mass is 421 g/mol. The molecule has 0 unspecified atom stereocenters. The smallest absolute Gasteiger partial charge is 0.434 e. The first-order valence-electron chi connectivity index (χ1n) is 7.99. The van der Waals surface area contributed by atoms with Crippen molar-refractivity contribution in [2.24, 2.45) is 7.05 Å². The molecule has 1 heterocycles. The number of rotatable bonds is 7. The number of ether oxygens (including phenoxy) is 2. The Hall–Kier alpha value is -2.82. The largest absolute Gasteiger partial charge is 0.462 e. The van der Waals surface area contributed by atoms with Crippen molar-refractivity contribution in [3.8, 4) is 11.6 Å². The van der Waals surface area contributed by atoms with Crippen LogP contribution in [0.2, 0.25) is 5.02 Å². The number of esters is 1. The minimum absolute atomic E-state index is 0.0680. The number of aryl methyl sites for hydroxylation is 1. The van der Waals surface area contributed by atoms with Crippen LogP contribution in [0, 0.1) is 10.1 Å². The van der Waals surface area contributed by atoms with Gasteiger partial charge >= 0.3 is 12.1 Å². The molecule has 0 fully saturated rings. The molecule has 8 nitrogen and oxygen atoms in total. The Labute approximate surface area is 161 Å². The van der Waals surface area contributed by atoms with Gasteiger partial charge in [0.05, 0.1) is 11.5 Å². The second-order valence-electron chi connectivity index (χ2n) is 5.62. The van der Waals surface area contributed by atoms with E-state index in [0.717, 1.165) is 31.7 Å². The minimum atomic E-state index is -4.76. The number of nitrogens with zero attached hydrogens (tertiary/aromatic N) is 3. The fraction of sp³-hybridized carbons (Fsp3) is 0.375. The first-order valence-corrected chi connectivity index (χ1v) is 8.37. The van der Waals surface area contributed by atoms with Gasteiger partial charge in [-0.1, -0.05) is 24.9 Å². The summed E-state index contributed by atoms with van der Waals surface area (Å²) in [5, 5.41) is 13.9. The highest BCUT2D eigenvalue weighted by molar-refractivity contribution is 6.32. The Bertz CT molecular complexity index is 898. The molecule has 0 radical (unpaired) electrons. The zero-order valence-electron chi connectivity index (χ0n) is 14.7. The maximum Gasteiger partial charge on any atom is 0.434 e. The van der Waals surface area contributed by atoms with Crippen molar-refractivity contribution in [2.45, 2.75) is 25.9 Å². The molecule has 28 heavy (non-hydrogen) atoms. The Morgan fingerprint density at radius 3 is 2.61 bits per heavy atom. The van der Waals surface area contributed by atoms with E-state index in [4.69, 9.17) is 21.1 Å². The summed E-state index contributed by atoms with van der Waals surface area (Å²) in [5.41, 5.74) is -2.15. The van der Waals surface area contributed by atoms with Crippen molar-refractivity contribution >= 4 is 23.3 Å². The van der Waals surface area contributed by atoms with E-state index in [-0.39, 0.29) is 12.4 Å². The molecule has 0 saturated heterocycles.